The highest BCUT2D eigenvalue weighted by Gasteiger charge is 2.27. The molecule has 5 rings (SSSR count). The third-order valence-corrected chi connectivity index (χ3v) is 7.54. The first-order chi connectivity index (χ1) is 16.5. The van der Waals surface area contributed by atoms with Gasteiger partial charge in [-0.3, -0.25) is 18.7 Å². The molecule has 0 radical (unpaired) electrons. The number of hydrogen-bond donors (Lipinski definition) is 0. The van der Waals surface area contributed by atoms with E-state index >= 15 is 0 Å². The Morgan fingerprint density at radius 1 is 1.03 bits per heavy atom. The van der Waals surface area contributed by atoms with Gasteiger partial charge in [0, 0.05) is 18.3 Å². The minimum absolute atomic E-state index is 0.00932. The number of thiophene rings is 1. The first kappa shape index (κ1) is 21.9. The molecule has 0 bridgehead atoms. The molecular formula is C26H22N4O3S. The molecule has 0 N–H and O–H groups in total. The van der Waals surface area contributed by atoms with E-state index in [1.165, 1.54) is 15.9 Å². The van der Waals surface area contributed by atoms with Crippen LogP contribution in [0.25, 0.3) is 10.2 Å². The summed E-state index contributed by atoms with van der Waals surface area (Å²) in [5, 5.41) is 10.1. The lowest BCUT2D eigenvalue weighted by Gasteiger charge is -2.25. The van der Waals surface area contributed by atoms with Gasteiger partial charge >= 0.3 is 5.69 Å². The van der Waals surface area contributed by atoms with Crippen LogP contribution in [0, 0.1) is 11.3 Å². The molecule has 34 heavy (non-hydrogen) atoms. The fraction of sp³-hybridized carbons (Fsp3) is 0.231. The SMILES string of the molecule is CC(=O)N1CCc2c(sc3c2c(=O)n(Cc2ccccc2)c(=O)n3Cc2ccccc2C#N)C1. The number of carbonyl (C=O) groups excluding carboxylic acids is 1. The van der Waals surface area contributed by atoms with Gasteiger partial charge in [0.1, 0.15) is 4.83 Å². The van der Waals surface area contributed by atoms with Crippen molar-refractivity contribution in [3.05, 3.63) is 103 Å². The maximum absolute atomic E-state index is 13.7. The molecule has 0 saturated carbocycles. The average molecular weight is 471 g/mol. The van der Waals surface area contributed by atoms with Gasteiger partial charge in [0.15, 0.2) is 0 Å². The first-order valence-corrected chi connectivity index (χ1v) is 11.8. The van der Waals surface area contributed by atoms with E-state index in [2.05, 4.69) is 6.07 Å². The van der Waals surface area contributed by atoms with Crippen LogP contribution in [0.1, 0.15) is 34.1 Å². The number of fused-ring (bicyclic) bond motifs is 3. The molecule has 0 fully saturated rings. The van der Waals surface area contributed by atoms with Crippen molar-refractivity contribution in [2.24, 2.45) is 0 Å². The number of hydrogen-bond acceptors (Lipinski definition) is 5. The monoisotopic (exact) mass is 470 g/mol. The number of rotatable bonds is 4. The molecule has 0 unspecified atom stereocenters. The van der Waals surface area contributed by atoms with Gasteiger partial charge < -0.3 is 4.90 Å². The van der Waals surface area contributed by atoms with E-state index < -0.39 is 5.69 Å². The fourth-order valence-corrected chi connectivity index (χ4v) is 5.85. The van der Waals surface area contributed by atoms with E-state index in [0.29, 0.717) is 35.3 Å². The Labute approximate surface area is 199 Å². The third kappa shape index (κ3) is 3.74. The van der Waals surface area contributed by atoms with Gasteiger partial charge in [-0.25, -0.2) is 4.79 Å². The molecule has 1 aliphatic heterocycles. The minimum Gasteiger partial charge on any atom is -0.337 e. The predicted octanol–water partition coefficient (Wildman–Crippen LogP) is 3.10. The average Bonchev–Trinajstić information content (AvgIpc) is 3.24. The highest BCUT2D eigenvalue weighted by atomic mass is 32.1. The van der Waals surface area contributed by atoms with Crippen molar-refractivity contribution in [1.82, 2.24) is 14.0 Å². The van der Waals surface area contributed by atoms with E-state index in [1.54, 1.807) is 28.5 Å². The molecule has 2 aromatic carbocycles. The zero-order chi connectivity index (χ0) is 23.8. The Morgan fingerprint density at radius 3 is 2.50 bits per heavy atom. The van der Waals surface area contributed by atoms with Crippen LogP contribution in [-0.4, -0.2) is 26.5 Å². The second-order valence-electron chi connectivity index (χ2n) is 8.39. The predicted molar refractivity (Wildman–Crippen MR) is 131 cm³/mol. The van der Waals surface area contributed by atoms with Crippen molar-refractivity contribution in [1.29, 1.82) is 5.26 Å². The molecule has 0 atom stereocenters. The first-order valence-electron chi connectivity index (χ1n) is 11.0. The lowest BCUT2D eigenvalue weighted by atomic mass is 10.0. The molecule has 3 heterocycles. The highest BCUT2D eigenvalue weighted by molar-refractivity contribution is 7.18. The number of benzene rings is 2. The van der Waals surface area contributed by atoms with Crippen LogP contribution in [0.2, 0.25) is 0 Å². The standard InChI is InChI=1S/C26H22N4O3S/c1-17(31)28-12-11-21-22(16-28)34-25-23(21)24(32)29(14-18-7-3-2-4-8-18)26(33)30(25)15-20-10-6-5-9-19(20)13-27/h2-10H,11-12,14-16H2,1H3. The molecule has 0 saturated heterocycles. The summed E-state index contributed by atoms with van der Waals surface area (Å²) in [7, 11) is 0. The second kappa shape index (κ2) is 8.76. The van der Waals surface area contributed by atoms with E-state index in [0.717, 1.165) is 21.6 Å². The summed E-state index contributed by atoms with van der Waals surface area (Å²) < 4.78 is 2.90. The summed E-state index contributed by atoms with van der Waals surface area (Å²) in [4.78, 5) is 42.6. The molecule has 0 spiro atoms. The second-order valence-corrected chi connectivity index (χ2v) is 9.47. The quantitative estimate of drug-likeness (QED) is 0.459. The maximum Gasteiger partial charge on any atom is 0.332 e. The lowest BCUT2D eigenvalue weighted by molar-refractivity contribution is -0.129. The van der Waals surface area contributed by atoms with Crippen LogP contribution >= 0.6 is 11.3 Å². The van der Waals surface area contributed by atoms with Crippen molar-refractivity contribution in [3.63, 3.8) is 0 Å². The Morgan fingerprint density at radius 2 is 1.76 bits per heavy atom. The van der Waals surface area contributed by atoms with Gasteiger partial charge in [-0.1, -0.05) is 48.5 Å². The molecule has 8 heteroatoms. The molecule has 1 aliphatic rings. The van der Waals surface area contributed by atoms with E-state index in [9.17, 15) is 19.6 Å². The largest absolute Gasteiger partial charge is 0.337 e. The summed E-state index contributed by atoms with van der Waals surface area (Å²) in [5.74, 6) is -0.00932. The Kier molecular flexibility index (Phi) is 5.64. The summed E-state index contributed by atoms with van der Waals surface area (Å²) in [6.07, 6.45) is 0.572. The summed E-state index contributed by atoms with van der Waals surface area (Å²) in [6, 6.07) is 18.8. The van der Waals surface area contributed by atoms with E-state index in [4.69, 9.17) is 0 Å². The number of aromatic nitrogens is 2. The number of nitriles is 1. The lowest BCUT2D eigenvalue weighted by Crippen LogP contribution is -2.40. The summed E-state index contributed by atoms with van der Waals surface area (Å²) in [5.41, 5.74) is 2.28. The smallest absolute Gasteiger partial charge is 0.332 e. The van der Waals surface area contributed by atoms with Crippen molar-refractivity contribution in [2.75, 3.05) is 6.54 Å². The Bertz CT molecular complexity index is 1570. The van der Waals surface area contributed by atoms with E-state index in [1.807, 2.05) is 42.5 Å². The van der Waals surface area contributed by atoms with Gasteiger partial charge in [-0.15, -0.1) is 11.3 Å². The molecule has 170 valence electrons. The number of carbonyl (C=O) groups is 1. The Balaban J connectivity index is 1.75. The summed E-state index contributed by atoms with van der Waals surface area (Å²) >= 11 is 1.40. The zero-order valence-electron chi connectivity index (χ0n) is 18.7. The fourth-order valence-electron chi connectivity index (χ4n) is 4.51. The van der Waals surface area contributed by atoms with Crippen LogP contribution in [-0.2, 0) is 30.8 Å². The van der Waals surface area contributed by atoms with Gasteiger partial charge in [0.25, 0.3) is 5.56 Å². The van der Waals surface area contributed by atoms with Crippen LogP contribution in [0.4, 0.5) is 0 Å². The molecule has 7 nitrogen and oxygen atoms in total. The van der Waals surface area contributed by atoms with Gasteiger partial charge in [0.05, 0.1) is 36.7 Å². The maximum atomic E-state index is 13.7. The molecule has 0 aliphatic carbocycles. The van der Waals surface area contributed by atoms with Crippen molar-refractivity contribution >= 4 is 27.5 Å². The molecule has 2 aromatic heterocycles. The number of amides is 1. The third-order valence-electron chi connectivity index (χ3n) is 6.30. The van der Waals surface area contributed by atoms with Gasteiger partial charge in [-0.05, 0) is 29.2 Å². The highest BCUT2D eigenvalue weighted by Crippen LogP contribution is 2.33. The van der Waals surface area contributed by atoms with Crippen LogP contribution in [0.5, 0.6) is 0 Å². The topological polar surface area (TPSA) is 88.1 Å². The summed E-state index contributed by atoms with van der Waals surface area (Å²) in [6.45, 7) is 2.87. The molecule has 1 amide bonds. The van der Waals surface area contributed by atoms with Gasteiger partial charge in [0.2, 0.25) is 5.91 Å². The Hall–Kier alpha value is -3.96. The van der Waals surface area contributed by atoms with Crippen molar-refractivity contribution in [2.45, 2.75) is 33.0 Å². The zero-order valence-corrected chi connectivity index (χ0v) is 19.5. The van der Waals surface area contributed by atoms with Crippen LogP contribution in [0.3, 0.4) is 0 Å². The van der Waals surface area contributed by atoms with Crippen molar-refractivity contribution < 1.29 is 4.79 Å². The normalized spacial score (nSPS) is 13.0. The van der Waals surface area contributed by atoms with E-state index in [-0.39, 0.29) is 24.6 Å². The molecular weight excluding hydrogens is 448 g/mol. The number of nitrogens with zero attached hydrogens (tertiary/aromatic N) is 4. The molecule has 4 aromatic rings. The van der Waals surface area contributed by atoms with Crippen LogP contribution in [0.15, 0.2) is 64.2 Å². The van der Waals surface area contributed by atoms with Gasteiger partial charge in [-0.2, -0.15) is 5.26 Å². The van der Waals surface area contributed by atoms with Crippen LogP contribution < -0.4 is 11.2 Å². The minimum atomic E-state index is -0.406. The van der Waals surface area contributed by atoms with Crippen molar-refractivity contribution in [3.8, 4) is 6.07 Å².